The highest BCUT2D eigenvalue weighted by Crippen LogP contribution is 2.27. The Bertz CT molecular complexity index is 1310. The smallest absolute Gasteiger partial charge is 0.193 e. The van der Waals surface area contributed by atoms with Gasteiger partial charge < -0.3 is 19.2 Å². The van der Waals surface area contributed by atoms with Gasteiger partial charge in [0.25, 0.3) is 0 Å². The number of phenolic OH excluding ortho intramolecular Hbond substituents is 1. The molecule has 0 bridgehead atoms. The molecular formula is C28H28N2O4. The van der Waals surface area contributed by atoms with Crippen LogP contribution in [0.5, 0.6) is 11.5 Å². The number of rotatable bonds is 7. The highest BCUT2D eigenvalue weighted by atomic mass is 16.5. The highest BCUT2D eigenvalue weighted by Gasteiger charge is 2.16. The molecule has 5 rings (SSSR count). The summed E-state index contributed by atoms with van der Waals surface area (Å²) in [6, 6.07) is 24.1. The standard InChI is InChI=1S/C28H28N2O4/c31-23-10-11-25-26(32)20-27(34-28(25)19-23)21-6-4-9-24(18-21)33-17-5-12-29-13-15-30(16-14-29)22-7-2-1-3-8-22/h1-4,6-11,18-20,31H,5,12-17H2. The molecule has 1 N–H and O–H groups in total. The van der Waals surface area contributed by atoms with Crippen LogP contribution in [0.4, 0.5) is 5.69 Å². The molecule has 3 aromatic carbocycles. The Labute approximate surface area is 198 Å². The molecule has 1 saturated heterocycles. The van der Waals surface area contributed by atoms with Crippen molar-refractivity contribution < 1.29 is 14.3 Å². The minimum absolute atomic E-state index is 0.0614. The van der Waals surface area contributed by atoms with Gasteiger partial charge in [-0.1, -0.05) is 30.3 Å². The van der Waals surface area contributed by atoms with E-state index in [1.807, 2.05) is 24.3 Å². The monoisotopic (exact) mass is 456 g/mol. The number of aromatic hydroxyl groups is 1. The topological polar surface area (TPSA) is 66.2 Å². The largest absolute Gasteiger partial charge is 0.508 e. The van der Waals surface area contributed by atoms with E-state index in [0.717, 1.165) is 50.5 Å². The first-order valence-corrected chi connectivity index (χ1v) is 11.7. The summed E-state index contributed by atoms with van der Waals surface area (Å²) in [5, 5.41) is 10.2. The first-order valence-electron chi connectivity index (χ1n) is 11.7. The summed E-state index contributed by atoms with van der Waals surface area (Å²) < 4.78 is 11.9. The number of piperazine rings is 1. The van der Waals surface area contributed by atoms with Crippen molar-refractivity contribution in [3.8, 4) is 22.8 Å². The van der Waals surface area contributed by atoms with E-state index >= 15 is 0 Å². The van der Waals surface area contributed by atoms with Gasteiger partial charge in [0.2, 0.25) is 0 Å². The summed E-state index contributed by atoms with van der Waals surface area (Å²) in [6.07, 6.45) is 0.944. The van der Waals surface area contributed by atoms with Crippen LogP contribution in [0.2, 0.25) is 0 Å². The minimum Gasteiger partial charge on any atom is -0.508 e. The van der Waals surface area contributed by atoms with E-state index in [1.165, 1.54) is 23.9 Å². The maximum Gasteiger partial charge on any atom is 0.193 e. The fourth-order valence-corrected chi connectivity index (χ4v) is 4.37. The van der Waals surface area contributed by atoms with Gasteiger partial charge in [-0.3, -0.25) is 9.69 Å². The van der Waals surface area contributed by atoms with E-state index in [-0.39, 0.29) is 11.2 Å². The Morgan fingerprint density at radius 3 is 2.53 bits per heavy atom. The van der Waals surface area contributed by atoms with E-state index in [9.17, 15) is 9.90 Å². The average Bonchev–Trinajstić information content (AvgIpc) is 2.87. The van der Waals surface area contributed by atoms with Crippen LogP contribution in [0.3, 0.4) is 0 Å². The molecule has 0 amide bonds. The van der Waals surface area contributed by atoms with E-state index in [1.54, 1.807) is 6.07 Å². The number of benzene rings is 3. The number of hydrogen-bond acceptors (Lipinski definition) is 6. The van der Waals surface area contributed by atoms with Crippen LogP contribution < -0.4 is 15.1 Å². The van der Waals surface area contributed by atoms with Gasteiger partial charge in [0.1, 0.15) is 22.8 Å². The van der Waals surface area contributed by atoms with Crippen LogP contribution in [0.25, 0.3) is 22.3 Å². The number of phenols is 1. The van der Waals surface area contributed by atoms with Gasteiger partial charge in [-0.2, -0.15) is 0 Å². The van der Waals surface area contributed by atoms with Crippen LogP contribution in [0.15, 0.2) is 88.1 Å². The Hall–Kier alpha value is -3.77. The zero-order valence-corrected chi connectivity index (χ0v) is 19.0. The molecule has 6 nitrogen and oxygen atoms in total. The molecule has 2 heterocycles. The molecule has 1 fully saturated rings. The average molecular weight is 457 g/mol. The minimum atomic E-state index is -0.144. The molecule has 0 radical (unpaired) electrons. The molecule has 6 heteroatoms. The number of anilines is 1. The quantitative estimate of drug-likeness (QED) is 0.405. The highest BCUT2D eigenvalue weighted by molar-refractivity contribution is 5.80. The molecule has 1 aromatic heterocycles. The third-order valence-electron chi connectivity index (χ3n) is 6.21. The van der Waals surface area contributed by atoms with Crippen LogP contribution in [-0.2, 0) is 0 Å². The third kappa shape index (κ3) is 5.07. The van der Waals surface area contributed by atoms with E-state index < -0.39 is 0 Å². The molecule has 34 heavy (non-hydrogen) atoms. The lowest BCUT2D eigenvalue weighted by Crippen LogP contribution is -2.46. The van der Waals surface area contributed by atoms with Crippen LogP contribution in [0.1, 0.15) is 6.42 Å². The van der Waals surface area contributed by atoms with E-state index in [4.69, 9.17) is 9.15 Å². The molecule has 0 unspecified atom stereocenters. The maximum absolute atomic E-state index is 12.5. The Morgan fingerprint density at radius 2 is 1.71 bits per heavy atom. The number of hydrogen-bond donors (Lipinski definition) is 1. The zero-order valence-electron chi connectivity index (χ0n) is 19.0. The Morgan fingerprint density at radius 1 is 0.882 bits per heavy atom. The van der Waals surface area contributed by atoms with Gasteiger partial charge in [-0.15, -0.1) is 0 Å². The first-order chi connectivity index (χ1) is 16.7. The van der Waals surface area contributed by atoms with Gasteiger partial charge in [0, 0.05) is 56.1 Å². The van der Waals surface area contributed by atoms with Gasteiger partial charge in [-0.25, -0.2) is 0 Å². The predicted molar refractivity (Wildman–Crippen MR) is 135 cm³/mol. The molecular weight excluding hydrogens is 428 g/mol. The van der Waals surface area contributed by atoms with Crippen molar-refractivity contribution in [1.29, 1.82) is 0 Å². The van der Waals surface area contributed by atoms with Crippen molar-refractivity contribution in [2.45, 2.75) is 6.42 Å². The van der Waals surface area contributed by atoms with Crippen molar-refractivity contribution in [3.05, 3.63) is 89.1 Å². The molecule has 0 saturated carbocycles. The summed E-state index contributed by atoms with van der Waals surface area (Å²) in [4.78, 5) is 17.4. The van der Waals surface area contributed by atoms with Crippen molar-refractivity contribution in [2.24, 2.45) is 0 Å². The molecule has 1 aliphatic heterocycles. The lowest BCUT2D eigenvalue weighted by molar-refractivity contribution is 0.225. The molecule has 0 aliphatic carbocycles. The Kier molecular flexibility index (Phi) is 6.49. The van der Waals surface area contributed by atoms with Crippen molar-refractivity contribution in [2.75, 3.05) is 44.2 Å². The molecule has 174 valence electrons. The fraction of sp³-hybridized carbons (Fsp3) is 0.250. The van der Waals surface area contributed by atoms with Gasteiger partial charge >= 0.3 is 0 Å². The van der Waals surface area contributed by atoms with Crippen LogP contribution in [-0.4, -0.2) is 49.3 Å². The predicted octanol–water partition coefficient (Wildman–Crippen LogP) is 4.76. The lowest BCUT2D eigenvalue weighted by atomic mass is 10.1. The summed E-state index contributed by atoms with van der Waals surface area (Å²) in [5.41, 5.74) is 2.28. The summed E-state index contributed by atoms with van der Waals surface area (Å²) >= 11 is 0. The number of ether oxygens (including phenoxy) is 1. The fourth-order valence-electron chi connectivity index (χ4n) is 4.37. The molecule has 1 aliphatic rings. The molecule has 0 spiro atoms. The molecule has 4 aromatic rings. The SMILES string of the molecule is O=c1cc(-c2cccc(OCCCN3CCN(c4ccccc4)CC3)c2)oc2cc(O)ccc12. The number of fused-ring (bicyclic) bond motifs is 1. The van der Waals surface area contributed by atoms with Crippen LogP contribution >= 0.6 is 0 Å². The third-order valence-corrected chi connectivity index (χ3v) is 6.21. The van der Waals surface area contributed by atoms with Crippen molar-refractivity contribution >= 4 is 16.7 Å². The summed E-state index contributed by atoms with van der Waals surface area (Å²) in [7, 11) is 0. The lowest BCUT2D eigenvalue weighted by Gasteiger charge is -2.36. The zero-order chi connectivity index (χ0) is 23.3. The van der Waals surface area contributed by atoms with E-state index in [0.29, 0.717) is 23.3 Å². The van der Waals surface area contributed by atoms with Crippen LogP contribution in [0, 0.1) is 0 Å². The second kappa shape index (κ2) is 10.0. The van der Waals surface area contributed by atoms with E-state index in [2.05, 4.69) is 40.1 Å². The maximum atomic E-state index is 12.5. The van der Waals surface area contributed by atoms with Gasteiger partial charge in [-0.05, 0) is 42.8 Å². The first kappa shape index (κ1) is 22.0. The second-order valence-electron chi connectivity index (χ2n) is 8.55. The molecule has 0 atom stereocenters. The van der Waals surface area contributed by atoms with Crippen molar-refractivity contribution in [1.82, 2.24) is 4.90 Å². The number of nitrogens with zero attached hydrogens (tertiary/aromatic N) is 2. The Balaban J connectivity index is 1.14. The number of para-hydroxylation sites is 1. The van der Waals surface area contributed by atoms with Gasteiger partial charge in [0.05, 0.1) is 12.0 Å². The normalized spacial score (nSPS) is 14.4. The summed E-state index contributed by atoms with van der Waals surface area (Å²) in [5.74, 6) is 1.25. The van der Waals surface area contributed by atoms with Gasteiger partial charge in [0.15, 0.2) is 5.43 Å². The second-order valence-corrected chi connectivity index (χ2v) is 8.55. The van der Waals surface area contributed by atoms with Crippen molar-refractivity contribution in [3.63, 3.8) is 0 Å². The summed E-state index contributed by atoms with van der Waals surface area (Å²) in [6.45, 7) is 5.83.